The van der Waals surface area contributed by atoms with E-state index in [-0.39, 0.29) is 5.75 Å². The Morgan fingerprint density at radius 3 is 2.65 bits per heavy atom. The first-order chi connectivity index (χ1) is 9.69. The van der Waals surface area contributed by atoms with E-state index >= 15 is 0 Å². The molecule has 0 spiro atoms. The lowest BCUT2D eigenvalue weighted by Crippen LogP contribution is -1.91. The molecule has 2 rings (SSSR count). The highest BCUT2D eigenvalue weighted by Gasteiger charge is 1.98. The molecule has 0 heterocycles. The van der Waals surface area contributed by atoms with E-state index in [9.17, 15) is 5.11 Å². The van der Waals surface area contributed by atoms with Gasteiger partial charge in [-0.25, -0.2) is 0 Å². The molecule has 0 aliphatic carbocycles. The van der Waals surface area contributed by atoms with Gasteiger partial charge in [-0.3, -0.25) is 4.99 Å². The molecule has 4 heteroatoms. The van der Waals surface area contributed by atoms with E-state index in [0.717, 1.165) is 16.6 Å². The van der Waals surface area contributed by atoms with E-state index in [2.05, 4.69) is 20.9 Å². The van der Waals surface area contributed by atoms with Gasteiger partial charge in [-0.1, -0.05) is 28.1 Å². The molecule has 0 aromatic heterocycles. The molecule has 0 aliphatic rings. The van der Waals surface area contributed by atoms with Crippen LogP contribution in [-0.2, 0) is 6.42 Å². The van der Waals surface area contributed by atoms with E-state index in [1.165, 1.54) is 5.56 Å². The molecule has 2 aromatic carbocycles. The van der Waals surface area contributed by atoms with Crippen LogP contribution in [0.5, 0.6) is 11.5 Å². The Bertz CT molecular complexity index is 594. The Kier molecular flexibility index (Phi) is 5.18. The number of hydrogen-bond donors (Lipinski definition) is 1. The highest BCUT2D eigenvalue weighted by atomic mass is 79.9. The summed E-state index contributed by atoms with van der Waals surface area (Å²) in [4.78, 5) is 4.34. The smallest absolute Gasteiger partial charge is 0.124 e. The van der Waals surface area contributed by atoms with Gasteiger partial charge in [-0.05, 0) is 42.3 Å². The molecule has 0 atom stereocenters. The van der Waals surface area contributed by atoms with Gasteiger partial charge in [0.05, 0.1) is 7.11 Å². The lowest BCUT2D eigenvalue weighted by Gasteiger charge is -2.02. The molecule has 0 unspecified atom stereocenters. The molecular formula is C16H16BrNO2. The number of methoxy groups -OCH3 is 1. The fraction of sp³-hybridized carbons (Fsp3) is 0.188. The van der Waals surface area contributed by atoms with Crippen molar-refractivity contribution in [3.05, 3.63) is 58.1 Å². The van der Waals surface area contributed by atoms with Crippen molar-refractivity contribution < 1.29 is 9.84 Å². The molecule has 3 nitrogen and oxygen atoms in total. The molecule has 1 N–H and O–H groups in total. The first kappa shape index (κ1) is 14.6. The number of phenols is 1. The van der Waals surface area contributed by atoms with Crippen LogP contribution in [0.1, 0.15) is 11.1 Å². The second kappa shape index (κ2) is 7.10. The number of halogens is 1. The number of ether oxygens (including phenoxy) is 1. The second-order valence-electron chi connectivity index (χ2n) is 4.34. The van der Waals surface area contributed by atoms with Crippen molar-refractivity contribution in [3.63, 3.8) is 0 Å². The van der Waals surface area contributed by atoms with Crippen molar-refractivity contribution in [1.82, 2.24) is 0 Å². The van der Waals surface area contributed by atoms with Crippen LogP contribution < -0.4 is 4.74 Å². The maximum Gasteiger partial charge on any atom is 0.124 e. The quantitative estimate of drug-likeness (QED) is 0.845. The van der Waals surface area contributed by atoms with E-state index in [1.54, 1.807) is 25.5 Å². The summed E-state index contributed by atoms with van der Waals surface area (Å²) in [5.41, 5.74) is 1.93. The van der Waals surface area contributed by atoms with Crippen molar-refractivity contribution in [3.8, 4) is 11.5 Å². The van der Waals surface area contributed by atoms with Crippen LogP contribution >= 0.6 is 15.9 Å². The summed E-state index contributed by atoms with van der Waals surface area (Å²) < 4.78 is 6.04. The number of benzene rings is 2. The molecule has 20 heavy (non-hydrogen) atoms. The average molecular weight is 334 g/mol. The number of aliphatic imine (C=N–C) groups is 1. The third kappa shape index (κ3) is 4.10. The summed E-state index contributed by atoms with van der Waals surface area (Å²) in [5, 5.41) is 9.68. The van der Waals surface area contributed by atoms with Crippen molar-refractivity contribution in [2.75, 3.05) is 13.7 Å². The summed E-state index contributed by atoms with van der Waals surface area (Å²) in [5.74, 6) is 1.10. The van der Waals surface area contributed by atoms with Crippen LogP contribution in [0, 0.1) is 0 Å². The summed E-state index contributed by atoms with van der Waals surface area (Å²) in [6.45, 7) is 0.679. The standard InChI is InChI=1S/C16H16BrNO2/c1-20-15-5-2-12(3-6-15)8-9-18-11-13-10-14(17)4-7-16(13)19/h2-7,10-11,19H,8-9H2,1H3. The Labute approximate surface area is 127 Å². The van der Waals surface area contributed by atoms with Crippen molar-refractivity contribution in [2.24, 2.45) is 4.99 Å². The molecule has 104 valence electrons. The van der Waals surface area contributed by atoms with Crippen molar-refractivity contribution in [2.45, 2.75) is 6.42 Å². The number of rotatable bonds is 5. The third-order valence-electron chi connectivity index (χ3n) is 2.91. The van der Waals surface area contributed by atoms with Gasteiger partial charge in [0.1, 0.15) is 11.5 Å². The maximum atomic E-state index is 9.68. The zero-order valence-corrected chi connectivity index (χ0v) is 12.8. The van der Waals surface area contributed by atoms with Crippen LogP contribution in [-0.4, -0.2) is 25.0 Å². The first-order valence-electron chi connectivity index (χ1n) is 6.30. The molecule has 0 aliphatic heterocycles. The monoisotopic (exact) mass is 333 g/mol. The van der Waals surface area contributed by atoms with Gasteiger partial charge in [-0.2, -0.15) is 0 Å². The van der Waals surface area contributed by atoms with Crippen LogP contribution in [0.2, 0.25) is 0 Å². The highest BCUT2D eigenvalue weighted by Crippen LogP contribution is 2.20. The van der Waals surface area contributed by atoms with Crippen molar-refractivity contribution in [1.29, 1.82) is 0 Å². The fourth-order valence-electron chi connectivity index (χ4n) is 1.78. The summed E-state index contributed by atoms with van der Waals surface area (Å²) >= 11 is 3.37. The van der Waals surface area contributed by atoms with Gasteiger partial charge >= 0.3 is 0 Å². The van der Waals surface area contributed by atoms with Crippen LogP contribution in [0.15, 0.2) is 51.9 Å². The molecule has 0 radical (unpaired) electrons. The molecule has 0 saturated heterocycles. The molecular weight excluding hydrogens is 318 g/mol. The summed E-state index contributed by atoms with van der Waals surface area (Å²) in [6.07, 6.45) is 2.55. The Morgan fingerprint density at radius 2 is 1.95 bits per heavy atom. The van der Waals surface area contributed by atoms with E-state index in [4.69, 9.17) is 4.74 Å². The molecule has 0 bridgehead atoms. The normalized spacial score (nSPS) is 10.9. The van der Waals surface area contributed by atoms with Crippen LogP contribution in [0.25, 0.3) is 0 Å². The predicted molar refractivity (Wildman–Crippen MR) is 85.0 cm³/mol. The zero-order valence-electron chi connectivity index (χ0n) is 11.2. The fourth-order valence-corrected chi connectivity index (χ4v) is 2.16. The average Bonchev–Trinajstić information content (AvgIpc) is 2.47. The van der Waals surface area contributed by atoms with Gasteiger partial charge in [0.15, 0.2) is 0 Å². The van der Waals surface area contributed by atoms with Crippen molar-refractivity contribution >= 4 is 22.1 Å². The third-order valence-corrected chi connectivity index (χ3v) is 3.40. The van der Waals surface area contributed by atoms with E-state index in [0.29, 0.717) is 12.1 Å². The van der Waals surface area contributed by atoms with Crippen LogP contribution in [0.4, 0.5) is 0 Å². The first-order valence-corrected chi connectivity index (χ1v) is 7.09. The summed E-state index contributed by atoms with van der Waals surface area (Å²) in [7, 11) is 1.66. The number of hydrogen-bond acceptors (Lipinski definition) is 3. The Balaban J connectivity index is 1.91. The molecule has 2 aromatic rings. The lowest BCUT2D eigenvalue weighted by molar-refractivity contribution is 0.414. The SMILES string of the molecule is COc1ccc(CCN=Cc2cc(Br)ccc2O)cc1. The number of nitrogens with zero attached hydrogens (tertiary/aromatic N) is 1. The Morgan fingerprint density at radius 1 is 1.20 bits per heavy atom. The number of aromatic hydroxyl groups is 1. The van der Waals surface area contributed by atoms with Crippen LogP contribution in [0.3, 0.4) is 0 Å². The topological polar surface area (TPSA) is 41.8 Å². The lowest BCUT2D eigenvalue weighted by atomic mass is 10.1. The second-order valence-corrected chi connectivity index (χ2v) is 5.25. The summed E-state index contributed by atoms with van der Waals surface area (Å²) in [6, 6.07) is 13.2. The molecule has 0 amide bonds. The van der Waals surface area contributed by atoms with Gasteiger partial charge < -0.3 is 9.84 Å². The zero-order chi connectivity index (χ0) is 14.4. The predicted octanol–water partition coefficient (Wildman–Crippen LogP) is 3.82. The minimum Gasteiger partial charge on any atom is -0.507 e. The Hall–Kier alpha value is -1.81. The van der Waals surface area contributed by atoms with Gasteiger partial charge in [0, 0.05) is 22.8 Å². The largest absolute Gasteiger partial charge is 0.507 e. The highest BCUT2D eigenvalue weighted by molar-refractivity contribution is 9.10. The molecule has 0 saturated carbocycles. The minimum absolute atomic E-state index is 0.237. The molecule has 0 fully saturated rings. The minimum atomic E-state index is 0.237. The van der Waals surface area contributed by atoms with E-state index < -0.39 is 0 Å². The van der Waals surface area contributed by atoms with Gasteiger partial charge in [-0.15, -0.1) is 0 Å². The maximum absolute atomic E-state index is 9.68. The van der Waals surface area contributed by atoms with Gasteiger partial charge in [0.25, 0.3) is 0 Å². The number of phenolic OH excluding ortho intramolecular Hbond substituents is 1. The van der Waals surface area contributed by atoms with E-state index in [1.807, 2.05) is 30.3 Å². The van der Waals surface area contributed by atoms with Gasteiger partial charge in [0.2, 0.25) is 0 Å².